The third kappa shape index (κ3) is 5.21. The van der Waals surface area contributed by atoms with E-state index in [4.69, 9.17) is 9.84 Å². The Bertz CT molecular complexity index is 426. The van der Waals surface area contributed by atoms with E-state index in [2.05, 4.69) is 6.92 Å². The van der Waals surface area contributed by atoms with Gasteiger partial charge < -0.3 is 9.84 Å². The van der Waals surface area contributed by atoms with E-state index < -0.39 is 5.97 Å². The van der Waals surface area contributed by atoms with Crippen LogP contribution in [0.4, 0.5) is 0 Å². The SMILES string of the molecule is CCCOc1ccc(CN(CC(=O)O)CC2CC2)cc1. The molecule has 0 atom stereocenters. The van der Waals surface area contributed by atoms with E-state index in [9.17, 15) is 4.79 Å². The molecule has 0 radical (unpaired) electrons. The van der Waals surface area contributed by atoms with Gasteiger partial charge in [-0.2, -0.15) is 0 Å². The molecule has 1 aromatic rings. The van der Waals surface area contributed by atoms with Gasteiger partial charge in [0, 0.05) is 13.1 Å². The number of nitrogens with zero attached hydrogens (tertiary/aromatic N) is 1. The van der Waals surface area contributed by atoms with Crippen LogP contribution in [0.1, 0.15) is 31.7 Å². The van der Waals surface area contributed by atoms with Crippen molar-refractivity contribution in [1.29, 1.82) is 0 Å². The average Bonchev–Trinajstić information content (AvgIpc) is 3.21. The molecule has 0 saturated heterocycles. The Hall–Kier alpha value is -1.55. The lowest BCUT2D eigenvalue weighted by molar-refractivity contribution is -0.138. The maximum atomic E-state index is 10.9. The molecule has 0 aliphatic heterocycles. The minimum atomic E-state index is -0.756. The minimum absolute atomic E-state index is 0.116. The minimum Gasteiger partial charge on any atom is -0.494 e. The standard InChI is InChI=1S/C16H23NO3/c1-2-9-20-15-7-5-14(6-8-15)11-17(12-16(18)19)10-13-3-4-13/h5-8,13H,2-4,9-12H2,1H3,(H,18,19). The smallest absolute Gasteiger partial charge is 0.317 e. The molecule has 1 aliphatic carbocycles. The maximum absolute atomic E-state index is 10.9. The number of aliphatic carboxylic acids is 1. The van der Waals surface area contributed by atoms with Gasteiger partial charge in [0.2, 0.25) is 0 Å². The van der Waals surface area contributed by atoms with E-state index in [0.29, 0.717) is 12.5 Å². The van der Waals surface area contributed by atoms with Crippen molar-refractivity contribution in [2.75, 3.05) is 19.7 Å². The van der Waals surface area contributed by atoms with Gasteiger partial charge in [-0.15, -0.1) is 0 Å². The molecule has 4 nitrogen and oxygen atoms in total. The monoisotopic (exact) mass is 277 g/mol. The van der Waals surface area contributed by atoms with Gasteiger partial charge in [0.05, 0.1) is 13.2 Å². The van der Waals surface area contributed by atoms with Crippen LogP contribution >= 0.6 is 0 Å². The van der Waals surface area contributed by atoms with Crippen molar-refractivity contribution in [2.45, 2.75) is 32.7 Å². The number of carboxylic acid groups (broad SMARTS) is 1. The molecule has 0 amide bonds. The zero-order valence-electron chi connectivity index (χ0n) is 12.0. The Labute approximate surface area is 120 Å². The summed E-state index contributed by atoms with van der Waals surface area (Å²) in [6.45, 7) is 4.50. The lowest BCUT2D eigenvalue weighted by atomic mass is 10.2. The second-order valence-corrected chi connectivity index (χ2v) is 5.50. The topological polar surface area (TPSA) is 49.8 Å². The third-order valence-electron chi connectivity index (χ3n) is 3.37. The van der Waals surface area contributed by atoms with Crippen molar-refractivity contribution in [3.8, 4) is 5.75 Å². The Kier molecular flexibility index (Phi) is 5.41. The zero-order chi connectivity index (χ0) is 14.4. The molecule has 110 valence electrons. The second kappa shape index (κ2) is 7.29. The van der Waals surface area contributed by atoms with Crippen LogP contribution in [-0.2, 0) is 11.3 Å². The van der Waals surface area contributed by atoms with Crippen molar-refractivity contribution < 1.29 is 14.6 Å². The van der Waals surface area contributed by atoms with Crippen LogP contribution in [0.25, 0.3) is 0 Å². The molecule has 0 spiro atoms. The number of carbonyl (C=O) groups is 1. The Morgan fingerprint density at radius 1 is 1.35 bits per heavy atom. The van der Waals surface area contributed by atoms with Crippen LogP contribution in [0.15, 0.2) is 24.3 Å². The van der Waals surface area contributed by atoms with Crippen LogP contribution in [0.3, 0.4) is 0 Å². The van der Waals surface area contributed by atoms with Gasteiger partial charge in [-0.3, -0.25) is 9.69 Å². The van der Waals surface area contributed by atoms with E-state index >= 15 is 0 Å². The third-order valence-corrected chi connectivity index (χ3v) is 3.37. The molecule has 4 heteroatoms. The molecule has 20 heavy (non-hydrogen) atoms. The fourth-order valence-electron chi connectivity index (χ4n) is 2.21. The molecule has 0 bridgehead atoms. The van der Waals surface area contributed by atoms with Crippen molar-refractivity contribution in [1.82, 2.24) is 4.90 Å². The lowest BCUT2D eigenvalue weighted by Gasteiger charge is -2.20. The van der Waals surface area contributed by atoms with Crippen LogP contribution in [0, 0.1) is 5.92 Å². The second-order valence-electron chi connectivity index (χ2n) is 5.50. The summed E-state index contributed by atoms with van der Waals surface area (Å²) in [6, 6.07) is 7.96. The molecular formula is C16H23NO3. The molecule has 1 saturated carbocycles. The Morgan fingerprint density at radius 2 is 2.05 bits per heavy atom. The summed E-state index contributed by atoms with van der Waals surface area (Å²) in [7, 11) is 0. The molecule has 1 N–H and O–H groups in total. The first-order valence-electron chi connectivity index (χ1n) is 7.33. The van der Waals surface area contributed by atoms with Gasteiger partial charge in [-0.25, -0.2) is 0 Å². The summed E-state index contributed by atoms with van der Waals surface area (Å²) in [6.07, 6.45) is 3.47. The van der Waals surface area contributed by atoms with Crippen LogP contribution in [-0.4, -0.2) is 35.7 Å². The first-order valence-corrected chi connectivity index (χ1v) is 7.33. The molecule has 0 heterocycles. The molecule has 1 aliphatic rings. The summed E-state index contributed by atoms with van der Waals surface area (Å²) in [5.41, 5.74) is 1.13. The number of hydrogen-bond donors (Lipinski definition) is 1. The number of benzene rings is 1. The highest BCUT2D eigenvalue weighted by Gasteiger charge is 2.25. The molecular weight excluding hydrogens is 254 g/mol. The first kappa shape index (κ1) is 14.9. The summed E-state index contributed by atoms with van der Waals surface area (Å²) >= 11 is 0. The molecule has 0 unspecified atom stereocenters. The molecule has 2 rings (SSSR count). The van der Waals surface area contributed by atoms with Gasteiger partial charge in [-0.05, 0) is 42.9 Å². The van der Waals surface area contributed by atoms with E-state index in [-0.39, 0.29) is 6.54 Å². The lowest BCUT2D eigenvalue weighted by Crippen LogP contribution is -2.31. The maximum Gasteiger partial charge on any atom is 0.317 e. The summed E-state index contributed by atoms with van der Waals surface area (Å²) < 4.78 is 5.55. The number of rotatable bonds is 9. The Morgan fingerprint density at radius 3 is 2.60 bits per heavy atom. The van der Waals surface area contributed by atoms with E-state index in [1.165, 1.54) is 12.8 Å². The largest absolute Gasteiger partial charge is 0.494 e. The van der Waals surface area contributed by atoms with Gasteiger partial charge in [-0.1, -0.05) is 19.1 Å². The van der Waals surface area contributed by atoms with Gasteiger partial charge in [0.15, 0.2) is 0 Å². The quantitative estimate of drug-likeness (QED) is 0.754. The van der Waals surface area contributed by atoms with Crippen molar-refractivity contribution in [3.05, 3.63) is 29.8 Å². The van der Waals surface area contributed by atoms with Crippen molar-refractivity contribution >= 4 is 5.97 Å². The average molecular weight is 277 g/mol. The molecule has 1 aromatic carbocycles. The van der Waals surface area contributed by atoms with Gasteiger partial charge >= 0.3 is 5.97 Å². The highest BCUT2D eigenvalue weighted by Crippen LogP contribution is 2.30. The van der Waals surface area contributed by atoms with Gasteiger partial charge in [0.1, 0.15) is 5.75 Å². The fourth-order valence-corrected chi connectivity index (χ4v) is 2.21. The van der Waals surface area contributed by atoms with E-state index in [0.717, 1.165) is 30.9 Å². The summed E-state index contributed by atoms with van der Waals surface area (Å²) in [4.78, 5) is 12.9. The number of ether oxygens (including phenoxy) is 1. The normalized spacial score (nSPS) is 14.5. The highest BCUT2D eigenvalue weighted by molar-refractivity contribution is 5.69. The first-order chi connectivity index (χ1) is 9.67. The van der Waals surface area contributed by atoms with Crippen molar-refractivity contribution in [3.63, 3.8) is 0 Å². The molecule has 1 fully saturated rings. The van der Waals surface area contributed by atoms with E-state index in [1.807, 2.05) is 29.2 Å². The predicted molar refractivity (Wildman–Crippen MR) is 77.9 cm³/mol. The van der Waals surface area contributed by atoms with Crippen molar-refractivity contribution in [2.24, 2.45) is 5.92 Å². The number of carboxylic acids is 1. The van der Waals surface area contributed by atoms with E-state index in [1.54, 1.807) is 0 Å². The summed E-state index contributed by atoms with van der Waals surface area (Å²) in [5, 5.41) is 8.97. The fraction of sp³-hybridized carbons (Fsp3) is 0.562. The summed E-state index contributed by atoms with van der Waals surface area (Å²) in [5.74, 6) is 0.817. The van der Waals surface area contributed by atoms with Crippen LogP contribution < -0.4 is 4.74 Å². The molecule has 0 aromatic heterocycles. The highest BCUT2D eigenvalue weighted by atomic mass is 16.5. The van der Waals surface area contributed by atoms with Crippen LogP contribution in [0.2, 0.25) is 0 Å². The van der Waals surface area contributed by atoms with Crippen LogP contribution in [0.5, 0.6) is 5.75 Å². The zero-order valence-corrected chi connectivity index (χ0v) is 12.0. The predicted octanol–water partition coefficient (Wildman–Crippen LogP) is 2.77. The number of hydrogen-bond acceptors (Lipinski definition) is 3. The Balaban J connectivity index is 1.89. The van der Waals surface area contributed by atoms with Gasteiger partial charge in [0.25, 0.3) is 0 Å².